The van der Waals surface area contributed by atoms with Gasteiger partial charge < -0.3 is 9.52 Å². The van der Waals surface area contributed by atoms with Crippen LogP contribution in [0.25, 0.3) is 11.0 Å². The lowest BCUT2D eigenvalue weighted by Crippen LogP contribution is -1.76. The molecule has 0 radical (unpaired) electrons. The summed E-state index contributed by atoms with van der Waals surface area (Å²) in [5.74, 6) is -0.0117. The fraction of sp³-hybridized carbons (Fsp3) is 0.200. The van der Waals surface area contributed by atoms with E-state index in [1.54, 1.807) is 6.07 Å². The third-order valence-electron chi connectivity index (χ3n) is 2.09. The van der Waals surface area contributed by atoms with Gasteiger partial charge in [-0.05, 0) is 25.0 Å². The molecule has 0 bridgehead atoms. The molecule has 2 nitrogen and oxygen atoms in total. The maximum atomic E-state index is 9.14. The van der Waals surface area contributed by atoms with E-state index in [9.17, 15) is 0 Å². The molecule has 0 spiro atoms. The van der Waals surface area contributed by atoms with Gasteiger partial charge in [0.25, 0.3) is 5.95 Å². The molecule has 1 aromatic heterocycles. The average molecular weight is 162 g/mol. The van der Waals surface area contributed by atoms with Crippen molar-refractivity contribution in [2.45, 2.75) is 13.8 Å². The van der Waals surface area contributed by atoms with Crippen LogP contribution in [0.2, 0.25) is 0 Å². The van der Waals surface area contributed by atoms with Crippen molar-refractivity contribution in [1.29, 1.82) is 0 Å². The van der Waals surface area contributed by atoms with Gasteiger partial charge >= 0.3 is 0 Å². The molecule has 0 aliphatic carbocycles. The molecule has 62 valence electrons. The summed E-state index contributed by atoms with van der Waals surface area (Å²) in [6, 6.07) is 5.66. The van der Waals surface area contributed by atoms with Gasteiger partial charge in [-0.15, -0.1) is 0 Å². The van der Waals surface area contributed by atoms with Crippen molar-refractivity contribution in [3.05, 3.63) is 29.3 Å². The molecule has 1 heterocycles. The molecule has 12 heavy (non-hydrogen) atoms. The van der Waals surface area contributed by atoms with Gasteiger partial charge in [0.05, 0.1) is 0 Å². The second-order valence-corrected chi connectivity index (χ2v) is 3.03. The summed E-state index contributed by atoms with van der Waals surface area (Å²) in [4.78, 5) is 0. The van der Waals surface area contributed by atoms with Crippen LogP contribution in [0.4, 0.5) is 0 Å². The van der Waals surface area contributed by atoms with Crippen LogP contribution in [0, 0.1) is 13.8 Å². The molecule has 1 aromatic carbocycles. The number of furan rings is 1. The van der Waals surface area contributed by atoms with Crippen molar-refractivity contribution in [2.75, 3.05) is 0 Å². The Balaban J connectivity index is 2.93. The molecule has 0 unspecified atom stereocenters. The van der Waals surface area contributed by atoms with Crippen LogP contribution in [0.15, 0.2) is 22.6 Å². The number of benzene rings is 1. The van der Waals surface area contributed by atoms with E-state index in [4.69, 9.17) is 9.52 Å². The number of aromatic hydroxyl groups is 1. The van der Waals surface area contributed by atoms with Crippen LogP contribution in [-0.4, -0.2) is 5.11 Å². The van der Waals surface area contributed by atoms with Crippen molar-refractivity contribution >= 4 is 11.0 Å². The quantitative estimate of drug-likeness (QED) is 0.646. The van der Waals surface area contributed by atoms with Crippen molar-refractivity contribution in [3.63, 3.8) is 0 Å². The van der Waals surface area contributed by atoms with Gasteiger partial charge in [0.1, 0.15) is 5.58 Å². The third kappa shape index (κ3) is 0.881. The Morgan fingerprint density at radius 2 is 1.83 bits per heavy atom. The van der Waals surface area contributed by atoms with Crippen LogP contribution < -0.4 is 0 Å². The minimum absolute atomic E-state index is 0.0117. The van der Waals surface area contributed by atoms with Gasteiger partial charge in [0.2, 0.25) is 0 Å². The Hall–Kier alpha value is -1.44. The largest absolute Gasteiger partial charge is 0.481 e. The van der Waals surface area contributed by atoms with E-state index >= 15 is 0 Å². The highest BCUT2D eigenvalue weighted by Gasteiger charge is 2.06. The Labute approximate surface area is 70.4 Å². The van der Waals surface area contributed by atoms with Gasteiger partial charge in [0, 0.05) is 11.5 Å². The number of hydrogen-bond donors (Lipinski definition) is 1. The zero-order chi connectivity index (χ0) is 8.72. The van der Waals surface area contributed by atoms with E-state index in [1.165, 1.54) is 0 Å². The lowest BCUT2D eigenvalue weighted by Gasteiger charge is -1.96. The Morgan fingerprint density at radius 1 is 1.17 bits per heavy atom. The minimum Gasteiger partial charge on any atom is -0.481 e. The van der Waals surface area contributed by atoms with E-state index in [1.807, 2.05) is 26.0 Å². The zero-order valence-electron chi connectivity index (χ0n) is 7.09. The van der Waals surface area contributed by atoms with Gasteiger partial charge in [-0.1, -0.05) is 12.1 Å². The summed E-state index contributed by atoms with van der Waals surface area (Å²) in [6.45, 7) is 3.96. The van der Waals surface area contributed by atoms with Gasteiger partial charge in [0.15, 0.2) is 0 Å². The highest BCUT2D eigenvalue weighted by molar-refractivity contribution is 5.84. The highest BCUT2D eigenvalue weighted by Crippen LogP contribution is 2.28. The first-order valence-electron chi connectivity index (χ1n) is 3.87. The fourth-order valence-electron chi connectivity index (χ4n) is 1.38. The normalized spacial score (nSPS) is 10.8. The van der Waals surface area contributed by atoms with Gasteiger partial charge in [-0.2, -0.15) is 0 Å². The molecule has 0 saturated heterocycles. The molecule has 0 saturated carbocycles. The molecular weight excluding hydrogens is 152 g/mol. The van der Waals surface area contributed by atoms with E-state index in [0.29, 0.717) is 0 Å². The molecule has 0 aliphatic rings. The van der Waals surface area contributed by atoms with E-state index in [-0.39, 0.29) is 5.95 Å². The Kier molecular flexibility index (Phi) is 1.37. The summed E-state index contributed by atoms with van der Waals surface area (Å²) >= 11 is 0. The van der Waals surface area contributed by atoms with Crippen LogP contribution in [0.3, 0.4) is 0 Å². The smallest absolute Gasteiger partial charge is 0.282 e. The van der Waals surface area contributed by atoms with Crippen molar-refractivity contribution in [1.82, 2.24) is 0 Å². The maximum Gasteiger partial charge on any atom is 0.282 e. The molecule has 0 atom stereocenters. The molecule has 1 N–H and O–H groups in total. The number of rotatable bonds is 0. The number of aryl methyl sites for hydroxylation is 2. The predicted octanol–water partition coefficient (Wildman–Crippen LogP) is 2.76. The van der Waals surface area contributed by atoms with E-state index in [2.05, 4.69) is 0 Å². The van der Waals surface area contributed by atoms with Crippen molar-refractivity contribution < 1.29 is 9.52 Å². The summed E-state index contributed by atoms with van der Waals surface area (Å²) in [6.07, 6.45) is 0. The fourth-order valence-corrected chi connectivity index (χ4v) is 1.38. The second kappa shape index (κ2) is 2.27. The van der Waals surface area contributed by atoms with Crippen LogP contribution in [0.5, 0.6) is 5.95 Å². The molecule has 0 fully saturated rings. The first-order chi connectivity index (χ1) is 5.68. The summed E-state index contributed by atoms with van der Waals surface area (Å²) in [5.41, 5.74) is 2.96. The van der Waals surface area contributed by atoms with Crippen molar-refractivity contribution in [3.8, 4) is 5.95 Å². The first-order valence-corrected chi connectivity index (χ1v) is 3.87. The lowest BCUT2D eigenvalue weighted by molar-refractivity contribution is 0.346. The van der Waals surface area contributed by atoms with Crippen LogP contribution >= 0.6 is 0 Å². The van der Waals surface area contributed by atoms with E-state index in [0.717, 1.165) is 22.1 Å². The second-order valence-electron chi connectivity index (χ2n) is 3.03. The molecule has 0 aliphatic heterocycles. The molecule has 2 heteroatoms. The molecule has 0 amide bonds. The van der Waals surface area contributed by atoms with Gasteiger partial charge in [-0.25, -0.2) is 0 Å². The first kappa shape index (κ1) is 7.22. The monoisotopic (exact) mass is 162 g/mol. The Bertz CT molecular complexity index is 388. The molecule has 2 rings (SSSR count). The average Bonchev–Trinajstić information content (AvgIpc) is 2.41. The van der Waals surface area contributed by atoms with Crippen LogP contribution in [-0.2, 0) is 0 Å². The number of fused-ring (bicyclic) bond motifs is 1. The van der Waals surface area contributed by atoms with E-state index < -0.39 is 0 Å². The molecular formula is C10H10O2. The van der Waals surface area contributed by atoms with Gasteiger partial charge in [-0.3, -0.25) is 0 Å². The Morgan fingerprint density at radius 3 is 2.50 bits per heavy atom. The standard InChI is InChI=1S/C10H10O2/c1-6-3-4-7(2)10-8(6)5-9(11)12-10/h3-5,11H,1-2H3. The summed E-state index contributed by atoms with van der Waals surface area (Å²) in [7, 11) is 0. The third-order valence-corrected chi connectivity index (χ3v) is 2.09. The lowest BCUT2D eigenvalue weighted by atomic mass is 10.1. The van der Waals surface area contributed by atoms with Crippen molar-refractivity contribution in [2.24, 2.45) is 0 Å². The summed E-state index contributed by atoms with van der Waals surface area (Å²) < 4.78 is 5.14. The predicted molar refractivity (Wildman–Crippen MR) is 47.4 cm³/mol. The zero-order valence-corrected chi connectivity index (χ0v) is 7.09. The summed E-state index contributed by atoms with van der Waals surface area (Å²) in [5, 5.41) is 10.1. The molecule has 2 aromatic rings. The highest BCUT2D eigenvalue weighted by atomic mass is 16.5. The SMILES string of the molecule is Cc1ccc(C)c2oc(O)cc12. The topological polar surface area (TPSA) is 33.4 Å². The minimum atomic E-state index is -0.0117. The maximum absolute atomic E-state index is 9.14. The van der Waals surface area contributed by atoms with Crippen LogP contribution in [0.1, 0.15) is 11.1 Å². The number of hydrogen-bond acceptors (Lipinski definition) is 2.